The molecule has 1 aromatic heterocycles. The predicted octanol–water partition coefficient (Wildman–Crippen LogP) is 5.42. The summed E-state index contributed by atoms with van der Waals surface area (Å²) in [6.07, 6.45) is 1.89. The Bertz CT molecular complexity index is 829. The molecule has 4 heteroatoms. The molecule has 0 amide bonds. The molecular formula is C21H25N3O. The molecule has 3 rings (SSSR count). The number of rotatable bonds is 5. The zero-order valence-electron chi connectivity index (χ0n) is 15.3. The highest BCUT2D eigenvalue weighted by Gasteiger charge is 2.19. The van der Waals surface area contributed by atoms with E-state index in [1.165, 1.54) is 11.3 Å². The predicted molar refractivity (Wildman–Crippen MR) is 102 cm³/mol. The van der Waals surface area contributed by atoms with Crippen molar-refractivity contribution in [1.29, 1.82) is 0 Å². The maximum absolute atomic E-state index is 5.94. The number of ether oxygens (including phenoxy) is 1. The van der Waals surface area contributed by atoms with Crippen LogP contribution in [0.5, 0.6) is 11.5 Å². The van der Waals surface area contributed by atoms with Crippen molar-refractivity contribution in [3.63, 3.8) is 0 Å². The Morgan fingerprint density at radius 1 is 1.04 bits per heavy atom. The summed E-state index contributed by atoms with van der Waals surface area (Å²) in [4.78, 5) is 0. The Balaban J connectivity index is 1.64. The molecular weight excluding hydrogens is 310 g/mol. The van der Waals surface area contributed by atoms with Gasteiger partial charge in [-0.1, -0.05) is 39.0 Å². The molecule has 0 saturated carbocycles. The summed E-state index contributed by atoms with van der Waals surface area (Å²) >= 11 is 0. The van der Waals surface area contributed by atoms with Gasteiger partial charge in [-0.05, 0) is 42.8 Å². The van der Waals surface area contributed by atoms with Crippen molar-refractivity contribution >= 4 is 5.69 Å². The molecule has 2 aromatic carbocycles. The van der Waals surface area contributed by atoms with Crippen LogP contribution in [0.25, 0.3) is 0 Å². The lowest BCUT2D eigenvalue weighted by molar-refractivity contribution is 0.479. The molecule has 0 fully saturated rings. The van der Waals surface area contributed by atoms with E-state index in [1.54, 1.807) is 0 Å². The van der Waals surface area contributed by atoms with Gasteiger partial charge in [0.25, 0.3) is 0 Å². The Labute approximate surface area is 149 Å². The van der Waals surface area contributed by atoms with Crippen LogP contribution in [0.2, 0.25) is 0 Å². The number of nitrogens with one attached hydrogen (secondary N) is 2. The zero-order valence-corrected chi connectivity index (χ0v) is 15.3. The number of para-hydroxylation sites is 1. The third-order valence-electron chi connectivity index (χ3n) is 4.13. The van der Waals surface area contributed by atoms with E-state index in [1.807, 2.05) is 61.7 Å². The van der Waals surface area contributed by atoms with Crippen LogP contribution in [0.4, 0.5) is 5.69 Å². The number of H-pyrrole nitrogens is 1. The molecule has 0 aliphatic heterocycles. The summed E-state index contributed by atoms with van der Waals surface area (Å²) in [6.45, 7) is 9.33. The summed E-state index contributed by atoms with van der Waals surface area (Å²) < 4.78 is 5.94. The highest BCUT2D eigenvalue weighted by Crippen LogP contribution is 2.27. The molecule has 0 atom stereocenters. The first kappa shape index (κ1) is 17.1. The smallest absolute Gasteiger partial charge is 0.130 e. The minimum Gasteiger partial charge on any atom is -0.457 e. The number of hydrogen-bond donors (Lipinski definition) is 2. The molecule has 0 aliphatic rings. The second-order valence-corrected chi connectivity index (χ2v) is 7.27. The van der Waals surface area contributed by atoms with Crippen LogP contribution in [0.15, 0.2) is 54.7 Å². The largest absolute Gasteiger partial charge is 0.457 e. The highest BCUT2D eigenvalue weighted by atomic mass is 16.5. The Kier molecular flexibility index (Phi) is 4.79. The van der Waals surface area contributed by atoms with Crippen LogP contribution in [-0.2, 0) is 12.0 Å². The van der Waals surface area contributed by atoms with Crippen molar-refractivity contribution in [2.75, 3.05) is 5.32 Å². The summed E-state index contributed by atoms with van der Waals surface area (Å²) in [5.74, 6) is 1.72. The normalized spacial score (nSPS) is 11.4. The lowest BCUT2D eigenvalue weighted by Crippen LogP contribution is -2.15. The number of benzene rings is 2. The molecule has 0 bridgehead atoms. The number of nitrogens with zero attached hydrogens (tertiary/aromatic N) is 1. The number of hydrogen-bond acceptors (Lipinski definition) is 3. The molecule has 130 valence electrons. The summed E-state index contributed by atoms with van der Waals surface area (Å²) in [5, 5.41) is 10.7. The molecule has 2 N–H and O–H groups in total. The van der Waals surface area contributed by atoms with Crippen molar-refractivity contribution in [1.82, 2.24) is 10.2 Å². The molecule has 1 heterocycles. The fourth-order valence-electron chi connectivity index (χ4n) is 2.73. The first-order valence-electron chi connectivity index (χ1n) is 8.53. The molecule has 3 aromatic rings. The van der Waals surface area contributed by atoms with Gasteiger partial charge in [0, 0.05) is 28.9 Å². The SMILES string of the molecule is Cc1ccccc1Oc1ccc(NCc2cn[nH]c2C(C)(C)C)cc1. The standard InChI is InChI=1S/C21H25N3O/c1-15-7-5-6-8-19(15)25-18-11-9-17(10-12-18)22-13-16-14-23-24-20(16)21(2,3)4/h5-12,14,22H,13H2,1-4H3,(H,23,24). The molecule has 25 heavy (non-hydrogen) atoms. The van der Waals surface area contributed by atoms with Crippen molar-refractivity contribution in [3.05, 3.63) is 71.5 Å². The average molecular weight is 335 g/mol. The first-order chi connectivity index (χ1) is 11.9. The topological polar surface area (TPSA) is 49.9 Å². The van der Waals surface area contributed by atoms with E-state index in [9.17, 15) is 0 Å². The van der Waals surface area contributed by atoms with Gasteiger partial charge in [-0.2, -0.15) is 5.10 Å². The Hall–Kier alpha value is -2.75. The molecule has 0 radical (unpaired) electrons. The van der Waals surface area contributed by atoms with Crippen LogP contribution in [0.1, 0.15) is 37.6 Å². The van der Waals surface area contributed by atoms with Crippen LogP contribution >= 0.6 is 0 Å². The third-order valence-corrected chi connectivity index (χ3v) is 4.13. The summed E-state index contributed by atoms with van der Waals surface area (Å²) in [6, 6.07) is 16.0. The second-order valence-electron chi connectivity index (χ2n) is 7.27. The second kappa shape index (κ2) is 7.01. The Morgan fingerprint density at radius 2 is 1.76 bits per heavy atom. The zero-order chi connectivity index (χ0) is 17.9. The van der Waals surface area contributed by atoms with Crippen LogP contribution in [0.3, 0.4) is 0 Å². The molecule has 4 nitrogen and oxygen atoms in total. The third kappa shape index (κ3) is 4.21. The van der Waals surface area contributed by atoms with E-state index in [0.717, 1.165) is 29.3 Å². The minimum atomic E-state index is 0.0543. The fraction of sp³-hybridized carbons (Fsp3) is 0.286. The van der Waals surface area contributed by atoms with Gasteiger partial charge in [-0.3, -0.25) is 5.10 Å². The van der Waals surface area contributed by atoms with E-state index in [2.05, 4.69) is 36.3 Å². The minimum absolute atomic E-state index is 0.0543. The van der Waals surface area contributed by atoms with E-state index in [0.29, 0.717) is 0 Å². The van der Waals surface area contributed by atoms with E-state index in [4.69, 9.17) is 4.74 Å². The van der Waals surface area contributed by atoms with E-state index < -0.39 is 0 Å². The van der Waals surface area contributed by atoms with Gasteiger partial charge in [0.2, 0.25) is 0 Å². The van der Waals surface area contributed by atoms with Gasteiger partial charge < -0.3 is 10.1 Å². The van der Waals surface area contributed by atoms with Gasteiger partial charge in [0.1, 0.15) is 11.5 Å². The fourth-order valence-corrected chi connectivity index (χ4v) is 2.73. The van der Waals surface area contributed by atoms with E-state index >= 15 is 0 Å². The lowest BCUT2D eigenvalue weighted by atomic mass is 9.89. The van der Waals surface area contributed by atoms with Crippen LogP contribution in [0, 0.1) is 6.92 Å². The van der Waals surface area contributed by atoms with Gasteiger partial charge in [0.15, 0.2) is 0 Å². The van der Waals surface area contributed by atoms with Crippen molar-refractivity contribution in [2.45, 2.75) is 39.7 Å². The summed E-state index contributed by atoms with van der Waals surface area (Å²) in [5.41, 5.74) is 4.59. The highest BCUT2D eigenvalue weighted by molar-refractivity contribution is 5.48. The van der Waals surface area contributed by atoms with E-state index in [-0.39, 0.29) is 5.41 Å². The van der Waals surface area contributed by atoms with Crippen molar-refractivity contribution < 1.29 is 4.74 Å². The molecule has 0 aliphatic carbocycles. The number of aromatic amines is 1. The lowest BCUT2D eigenvalue weighted by Gasteiger charge is -2.18. The monoisotopic (exact) mass is 335 g/mol. The Morgan fingerprint density at radius 3 is 2.44 bits per heavy atom. The molecule has 0 saturated heterocycles. The first-order valence-corrected chi connectivity index (χ1v) is 8.53. The maximum Gasteiger partial charge on any atom is 0.130 e. The number of aromatic nitrogens is 2. The number of anilines is 1. The maximum atomic E-state index is 5.94. The van der Waals surface area contributed by atoms with Crippen molar-refractivity contribution in [2.24, 2.45) is 0 Å². The summed E-state index contributed by atoms with van der Waals surface area (Å²) in [7, 11) is 0. The van der Waals surface area contributed by atoms with Crippen LogP contribution in [-0.4, -0.2) is 10.2 Å². The van der Waals surface area contributed by atoms with Crippen molar-refractivity contribution in [3.8, 4) is 11.5 Å². The molecule has 0 unspecified atom stereocenters. The van der Waals surface area contributed by atoms with Gasteiger partial charge in [-0.15, -0.1) is 0 Å². The van der Waals surface area contributed by atoms with Gasteiger partial charge in [-0.25, -0.2) is 0 Å². The van der Waals surface area contributed by atoms with Gasteiger partial charge in [0.05, 0.1) is 6.20 Å². The van der Waals surface area contributed by atoms with Gasteiger partial charge >= 0.3 is 0 Å². The van der Waals surface area contributed by atoms with Crippen LogP contribution < -0.4 is 10.1 Å². The number of aryl methyl sites for hydroxylation is 1. The quantitative estimate of drug-likeness (QED) is 0.654. The molecule has 0 spiro atoms. The average Bonchev–Trinajstić information content (AvgIpc) is 3.05.